The fourth-order valence-corrected chi connectivity index (χ4v) is 3.81. The average Bonchev–Trinajstić information content (AvgIpc) is 2.76. The van der Waals surface area contributed by atoms with E-state index in [0.717, 1.165) is 0 Å². The number of carbonyl (C=O) groups is 2. The largest absolute Gasteiger partial charge is 0.504 e. The Morgan fingerprint density at radius 2 is 1.85 bits per heavy atom. The van der Waals surface area contributed by atoms with Gasteiger partial charge in [-0.3, -0.25) is 9.59 Å². The Balaban J connectivity index is 2.06. The zero-order valence-electron chi connectivity index (χ0n) is 19.1. The van der Waals surface area contributed by atoms with Gasteiger partial charge in [0.2, 0.25) is 0 Å². The lowest BCUT2D eigenvalue weighted by atomic mass is 10.0. The van der Waals surface area contributed by atoms with Crippen molar-refractivity contribution in [2.24, 2.45) is 11.0 Å². The first kappa shape index (κ1) is 27.8. The van der Waals surface area contributed by atoms with Gasteiger partial charge in [-0.05, 0) is 49.6 Å². The highest BCUT2D eigenvalue weighted by molar-refractivity contribution is 9.10. The van der Waals surface area contributed by atoms with E-state index < -0.39 is 24.0 Å². The topological polar surface area (TPSA) is 109 Å². The number of nitrogens with one attached hydrogen (secondary N) is 2. The van der Waals surface area contributed by atoms with Crippen LogP contribution in [0.25, 0.3) is 0 Å². The number of hydrogen-bond donors (Lipinski definition) is 3. The molecule has 2 amide bonds. The Morgan fingerprint density at radius 3 is 2.47 bits per heavy atom. The van der Waals surface area contributed by atoms with Crippen LogP contribution in [0.4, 0.5) is 0 Å². The number of ether oxygens (including phenoxy) is 2. The Morgan fingerprint density at radius 1 is 1.15 bits per heavy atom. The van der Waals surface area contributed by atoms with Crippen LogP contribution in [0.15, 0.2) is 39.9 Å². The van der Waals surface area contributed by atoms with Crippen LogP contribution in [-0.4, -0.2) is 42.4 Å². The smallest absolute Gasteiger partial charge is 0.262 e. The number of hydrazone groups is 1. The number of methoxy groups -OCH3 is 1. The van der Waals surface area contributed by atoms with Gasteiger partial charge in [-0.1, -0.05) is 53.0 Å². The quantitative estimate of drug-likeness (QED) is 0.276. The van der Waals surface area contributed by atoms with Gasteiger partial charge in [0.05, 0.1) is 18.3 Å². The summed E-state index contributed by atoms with van der Waals surface area (Å²) >= 11 is 15.3. The maximum atomic E-state index is 12.7. The molecule has 3 N–H and O–H groups in total. The zero-order chi connectivity index (χ0) is 25.4. The highest BCUT2D eigenvalue weighted by Crippen LogP contribution is 2.32. The lowest BCUT2D eigenvalue weighted by molar-refractivity contribution is -0.132. The molecule has 2 rings (SSSR count). The molecule has 0 aromatic heterocycles. The molecule has 0 spiro atoms. The van der Waals surface area contributed by atoms with Crippen LogP contribution in [0.3, 0.4) is 0 Å². The second kappa shape index (κ2) is 12.8. The average molecular weight is 575 g/mol. The Kier molecular flexibility index (Phi) is 10.5. The molecule has 0 radical (unpaired) electrons. The molecule has 184 valence electrons. The van der Waals surface area contributed by atoms with Crippen LogP contribution in [0.1, 0.15) is 32.8 Å². The minimum Gasteiger partial charge on any atom is -0.504 e. The van der Waals surface area contributed by atoms with Crippen molar-refractivity contribution in [3.05, 3.63) is 50.4 Å². The van der Waals surface area contributed by atoms with E-state index >= 15 is 0 Å². The van der Waals surface area contributed by atoms with Crippen molar-refractivity contribution < 1.29 is 24.2 Å². The van der Waals surface area contributed by atoms with Crippen LogP contribution in [0, 0.1) is 5.92 Å². The molecule has 0 fully saturated rings. The summed E-state index contributed by atoms with van der Waals surface area (Å²) < 4.78 is 11.4. The third-order valence-electron chi connectivity index (χ3n) is 4.57. The van der Waals surface area contributed by atoms with Crippen molar-refractivity contribution in [2.45, 2.75) is 39.3 Å². The van der Waals surface area contributed by atoms with Gasteiger partial charge in [0.1, 0.15) is 11.8 Å². The highest BCUT2D eigenvalue weighted by atomic mass is 79.9. The summed E-state index contributed by atoms with van der Waals surface area (Å²) in [5.41, 5.74) is 2.73. The van der Waals surface area contributed by atoms with Gasteiger partial charge >= 0.3 is 0 Å². The standard InChI is InChI=1S/C23H26BrCl2N3O5/c1-12(2)7-18(28-22(31)13(3)34-19-6-5-16(25)10-17(19)26)23(32)29-27-11-14-8-15(24)9-20(33-4)21(14)30/h5-6,8-13,18,30H,7H2,1-4H3,(H,28,31)(H,29,32)/b27-11-/t13-,18-/m1/s1. The maximum absolute atomic E-state index is 12.7. The first-order valence-electron chi connectivity index (χ1n) is 10.3. The molecule has 0 aliphatic rings. The summed E-state index contributed by atoms with van der Waals surface area (Å²) in [6.07, 6.45) is 0.733. The first-order valence-corrected chi connectivity index (χ1v) is 11.9. The van der Waals surface area contributed by atoms with Crippen LogP contribution >= 0.6 is 39.1 Å². The lowest BCUT2D eigenvalue weighted by Gasteiger charge is -2.22. The molecule has 0 saturated heterocycles. The predicted octanol–water partition coefficient (Wildman–Crippen LogP) is 4.92. The lowest BCUT2D eigenvalue weighted by Crippen LogP contribution is -2.49. The van der Waals surface area contributed by atoms with Crippen LogP contribution in [0.2, 0.25) is 10.0 Å². The Bertz CT molecular complexity index is 1070. The van der Waals surface area contributed by atoms with Crippen LogP contribution in [0.5, 0.6) is 17.2 Å². The van der Waals surface area contributed by atoms with E-state index in [9.17, 15) is 14.7 Å². The molecule has 0 bridgehead atoms. The van der Waals surface area contributed by atoms with Crippen LogP contribution < -0.4 is 20.2 Å². The van der Waals surface area contributed by atoms with E-state index in [0.29, 0.717) is 27.2 Å². The van der Waals surface area contributed by atoms with Crippen molar-refractivity contribution >= 4 is 57.2 Å². The number of aromatic hydroxyl groups is 1. The normalized spacial score (nSPS) is 12.9. The first-order chi connectivity index (χ1) is 16.0. The number of rotatable bonds is 10. The second-order valence-electron chi connectivity index (χ2n) is 7.81. The summed E-state index contributed by atoms with van der Waals surface area (Å²) in [6.45, 7) is 5.40. The molecule has 11 heteroatoms. The summed E-state index contributed by atoms with van der Waals surface area (Å²) in [5, 5.41) is 17.5. The molecule has 2 aromatic rings. The summed E-state index contributed by atoms with van der Waals surface area (Å²) in [7, 11) is 1.43. The molecule has 0 aliphatic carbocycles. The predicted molar refractivity (Wildman–Crippen MR) is 136 cm³/mol. The number of amides is 2. The van der Waals surface area contributed by atoms with Crippen molar-refractivity contribution in [1.82, 2.24) is 10.7 Å². The van der Waals surface area contributed by atoms with Gasteiger partial charge in [-0.2, -0.15) is 5.10 Å². The van der Waals surface area contributed by atoms with Crippen LogP contribution in [-0.2, 0) is 9.59 Å². The minimum atomic E-state index is -0.921. The minimum absolute atomic E-state index is 0.111. The van der Waals surface area contributed by atoms with Crippen molar-refractivity contribution in [2.75, 3.05) is 7.11 Å². The zero-order valence-corrected chi connectivity index (χ0v) is 22.2. The fraction of sp³-hybridized carbons (Fsp3) is 0.348. The van der Waals surface area contributed by atoms with E-state index in [-0.39, 0.29) is 22.4 Å². The number of hydrogen-bond acceptors (Lipinski definition) is 6. The Hall–Kier alpha value is -2.49. The van der Waals surface area contributed by atoms with Gasteiger partial charge in [0.25, 0.3) is 11.8 Å². The number of benzene rings is 2. The second-order valence-corrected chi connectivity index (χ2v) is 9.56. The highest BCUT2D eigenvalue weighted by Gasteiger charge is 2.25. The van der Waals surface area contributed by atoms with Crippen molar-refractivity contribution in [1.29, 1.82) is 0 Å². The van der Waals surface area contributed by atoms with Gasteiger partial charge in [-0.15, -0.1) is 0 Å². The van der Waals surface area contributed by atoms with Crippen molar-refractivity contribution in [3.63, 3.8) is 0 Å². The van der Waals surface area contributed by atoms with E-state index in [4.69, 9.17) is 32.7 Å². The molecule has 0 heterocycles. The third kappa shape index (κ3) is 8.07. The molecular weight excluding hydrogens is 549 g/mol. The summed E-state index contributed by atoms with van der Waals surface area (Å²) in [5.74, 6) is -0.473. The monoisotopic (exact) mass is 573 g/mol. The number of nitrogens with zero attached hydrogens (tertiary/aromatic N) is 1. The third-order valence-corrected chi connectivity index (χ3v) is 5.56. The van der Waals surface area contributed by atoms with Gasteiger partial charge in [0, 0.05) is 15.1 Å². The van der Waals surface area contributed by atoms with E-state index in [1.165, 1.54) is 19.4 Å². The molecule has 34 heavy (non-hydrogen) atoms. The molecule has 0 saturated carbocycles. The van der Waals surface area contributed by atoms with Gasteiger partial charge in [-0.25, -0.2) is 5.43 Å². The molecular formula is C23H26BrCl2N3O5. The maximum Gasteiger partial charge on any atom is 0.262 e. The molecule has 2 aromatic carbocycles. The molecule has 0 unspecified atom stereocenters. The van der Waals surface area contributed by atoms with E-state index in [2.05, 4.69) is 31.8 Å². The molecule has 2 atom stereocenters. The number of carbonyl (C=O) groups excluding carboxylic acids is 2. The number of phenolic OH excluding ortho intramolecular Hbond substituents is 1. The fourth-order valence-electron chi connectivity index (χ4n) is 2.90. The molecule has 8 nitrogen and oxygen atoms in total. The summed E-state index contributed by atoms with van der Waals surface area (Å²) in [4.78, 5) is 25.4. The van der Waals surface area contributed by atoms with E-state index in [1.807, 2.05) is 13.8 Å². The summed E-state index contributed by atoms with van der Waals surface area (Å²) in [6, 6.07) is 7.02. The van der Waals surface area contributed by atoms with Crippen molar-refractivity contribution in [3.8, 4) is 17.2 Å². The number of phenols is 1. The van der Waals surface area contributed by atoms with Gasteiger partial charge < -0.3 is 19.9 Å². The van der Waals surface area contributed by atoms with E-state index in [1.54, 1.807) is 31.2 Å². The SMILES string of the molecule is COc1cc(Br)cc(/C=N\NC(=O)[C@@H](CC(C)C)NC(=O)[C@@H](C)Oc2ccc(Cl)cc2Cl)c1O. The van der Waals surface area contributed by atoms with Gasteiger partial charge in [0.15, 0.2) is 17.6 Å². The Labute approximate surface area is 216 Å². The number of halogens is 3. The molecule has 0 aliphatic heterocycles.